The van der Waals surface area contributed by atoms with E-state index in [0.717, 1.165) is 10.0 Å². The third-order valence-corrected chi connectivity index (χ3v) is 5.14. The van der Waals surface area contributed by atoms with Gasteiger partial charge in [-0.05, 0) is 79.6 Å². The Kier molecular flexibility index (Phi) is 8.03. The third-order valence-electron chi connectivity index (χ3n) is 4.30. The molecule has 3 aromatic rings. The zero-order valence-corrected chi connectivity index (χ0v) is 19.7. The van der Waals surface area contributed by atoms with Crippen LogP contribution in [-0.4, -0.2) is 24.7 Å². The van der Waals surface area contributed by atoms with Crippen molar-refractivity contribution in [2.24, 2.45) is 5.10 Å². The Bertz CT molecular complexity index is 1160. The predicted octanol–water partition coefficient (Wildman–Crippen LogP) is 5.79. The van der Waals surface area contributed by atoms with Gasteiger partial charge in [-0.15, -0.1) is 0 Å². The molecule has 0 atom stereocenters. The summed E-state index contributed by atoms with van der Waals surface area (Å²) in [6.45, 7) is 4.10. The number of rotatable bonds is 7. The molecule has 0 aliphatic carbocycles. The van der Waals surface area contributed by atoms with Gasteiger partial charge in [0.2, 0.25) is 0 Å². The number of nitrogens with zero attached hydrogens (tertiary/aromatic N) is 1. The summed E-state index contributed by atoms with van der Waals surface area (Å²) < 4.78 is 12.0. The Hall–Kier alpha value is -3.16. The molecule has 164 valence electrons. The van der Waals surface area contributed by atoms with Crippen LogP contribution in [0.15, 0.2) is 70.2 Å². The molecular formula is C24H20BrClN2O4. The molecule has 0 radical (unpaired) electrons. The van der Waals surface area contributed by atoms with Crippen LogP contribution in [0.25, 0.3) is 0 Å². The van der Waals surface area contributed by atoms with E-state index < -0.39 is 11.9 Å². The molecule has 0 unspecified atom stereocenters. The van der Waals surface area contributed by atoms with Crippen molar-refractivity contribution in [2.75, 3.05) is 6.61 Å². The number of ether oxygens (including phenoxy) is 2. The predicted molar refractivity (Wildman–Crippen MR) is 128 cm³/mol. The summed E-state index contributed by atoms with van der Waals surface area (Å²) in [4.78, 5) is 24.7. The summed E-state index contributed by atoms with van der Waals surface area (Å²) in [5.74, 6) is -0.249. The third kappa shape index (κ3) is 6.18. The van der Waals surface area contributed by atoms with Gasteiger partial charge in [0.05, 0.1) is 29.0 Å². The van der Waals surface area contributed by atoms with Crippen molar-refractivity contribution in [3.05, 3.63) is 92.4 Å². The van der Waals surface area contributed by atoms with Gasteiger partial charge >= 0.3 is 5.97 Å². The number of carbonyl (C=O) groups excluding carboxylic acids is 2. The van der Waals surface area contributed by atoms with E-state index in [1.807, 2.05) is 13.8 Å². The Morgan fingerprint density at radius 2 is 1.81 bits per heavy atom. The molecule has 1 N–H and O–H groups in total. The van der Waals surface area contributed by atoms with Crippen LogP contribution in [-0.2, 0) is 0 Å². The summed E-state index contributed by atoms with van der Waals surface area (Å²) in [6, 6.07) is 17.0. The first-order valence-electron chi connectivity index (χ1n) is 9.71. The first-order chi connectivity index (χ1) is 15.4. The van der Waals surface area contributed by atoms with Gasteiger partial charge in [-0.2, -0.15) is 5.10 Å². The normalized spacial score (nSPS) is 10.8. The van der Waals surface area contributed by atoms with Crippen LogP contribution < -0.4 is 14.9 Å². The van der Waals surface area contributed by atoms with Crippen LogP contribution in [0.4, 0.5) is 0 Å². The lowest BCUT2D eigenvalue weighted by Crippen LogP contribution is -2.18. The molecule has 0 saturated heterocycles. The quantitative estimate of drug-likeness (QED) is 0.187. The number of hydrogen-bond acceptors (Lipinski definition) is 5. The van der Waals surface area contributed by atoms with Crippen molar-refractivity contribution >= 4 is 45.6 Å². The van der Waals surface area contributed by atoms with E-state index in [1.165, 1.54) is 6.21 Å². The highest BCUT2D eigenvalue weighted by molar-refractivity contribution is 9.10. The van der Waals surface area contributed by atoms with E-state index in [2.05, 4.69) is 26.5 Å². The molecule has 3 aromatic carbocycles. The van der Waals surface area contributed by atoms with Gasteiger partial charge in [-0.25, -0.2) is 10.2 Å². The molecule has 32 heavy (non-hydrogen) atoms. The van der Waals surface area contributed by atoms with Gasteiger partial charge in [-0.3, -0.25) is 4.79 Å². The molecule has 0 aliphatic heterocycles. The maximum atomic E-state index is 12.4. The Balaban J connectivity index is 1.71. The van der Waals surface area contributed by atoms with Crippen LogP contribution >= 0.6 is 27.5 Å². The van der Waals surface area contributed by atoms with E-state index in [4.69, 9.17) is 21.1 Å². The van der Waals surface area contributed by atoms with Crippen LogP contribution in [0, 0.1) is 6.92 Å². The zero-order valence-electron chi connectivity index (χ0n) is 17.4. The van der Waals surface area contributed by atoms with Crippen molar-refractivity contribution in [2.45, 2.75) is 13.8 Å². The zero-order chi connectivity index (χ0) is 23.1. The summed E-state index contributed by atoms with van der Waals surface area (Å²) in [5, 5.41) is 4.33. The average Bonchev–Trinajstić information content (AvgIpc) is 2.76. The molecule has 0 heterocycles. The highest BCUT2D eigenvalue weighted by Crippen LogP contribution is 2.29. The minimum absolute atomic E-state index is 0.285. The standard InChI is InChI=1S/C24H20BrClN2O4/c1-3-31-22-13-16(14-27-28-23(29)19-10-4-15(2)12-20(19)26)5-11-21(22)32-24(30)17-6-8-18(25)9-7-17/h4-14H,3H2,1-2H3,(H,28,29)/b27-14-. The SMILES string of the molecule is CCOc1cc(/C=N\NC(=O)c2ccc(C)cc2Cl)ccc1OC(=O)c1ccc(Br)cc1. The van der Waals surface area contributed by atoms with E-state index in [0.29, 0.717) is 34.1 Å². The van der Waals surface area contributed by atoms with Gasteiger partial charge < -0.3 is 9.47 Å². The van der Waals surface area contributed by atoms with Crippen LogP contribution in [0.5, 0.6) is 11.5 Å². The molecule has 0 bridgehead atoms. The molecule has 0 aliphatic rings. The Morgan fingerprint density at radius 3 is 2.50 bits per heavy atom. The minimum atomic E-state index is -0.498. The van der Waals surface area contributed by atoms with Crippen LogP contribution in [0.3, 0.4) is 0 Å². The molecule has 6 nitrogen and oxygen atoms in total. The van der Waals surface area contributed by atoms with Crippen molar-refractivity contribution < 1.29 is 19.1 Å². The number of hydrazone groups is 1. The largest absolute Gasteiger partial charge is 0.490 e. The second-order valence-electron chi connectivity index (χ2n) is 6.72. The maximum absolute atomic E-state index is 12.4. The fourth-order valence-electron chi connectivity index (χ4n) is 2.73. The van der Waals surface area contributed by atoms with Gasteiger partial charge in [0.1, 0.15) is 0 Å². The van der Waals surface area contributed by atoms with Crippen molar-refractivity contribution in [1.29, 1.82) is 0 Å². The number of aryl methyl sites for hydroxylation is 1. The van der Waals surface area contributed by atoms with Crippen molar-refractivity contribution in [3.8, 4) is 11.5 Å². The molecule has 8 heteroatoms. The van der Waals surface area contributed by atoms with E-state index in [-0.39, 0.29) is 5.75 Å². The molecule has 0 aromatic heterocycles. The molecule has 3 rings (SSSR count). The Labute approximate surface area is 199 Å². The number of benzene rings is 3. The topological polar surface area (TPSA) is 77.0 Å². The number of amides is 1. The summed E-state index contributed by atoms with van der Waals surface area (Å²) in [5.41, 5.74) is 4.80. The molecule has 0 fully saturated rings. The molecule has 0 saturated carbocycles. The summed E-state index contributed by atoms with van der Waals surface area (Å²) >= 11 is 9.45. The summed E-state index contributed by atoms with van der Waals surface area (Å²) in [6.07, 6.45) is 1.46. The lowest BCUT2D eigenvalue weighted by atomic mass is 10.1. The highest BCUT2D eigenvalue weighted by atomic mass is 79.9. The van der Waals surface area contributed by atoms with Crippen LogP contribution in [0.2, 0.25) is 5.02 Å². The number of nitrogens with one attached hydrogen (secondary N) is 1. The van der Waals surface area contributed by atoms with Gasteiger partial charge in [-0.1, -0.05) is 33.6 Å². The number of carbonyl (C=O) groups is 2. The Morgan fingerprint density at radius 1 is 1.06 bits per heavy atom. The summed E-state index contributed by atoms with van der Waals surface area (Å²) in [7, 11) is 0. The van der Waals surface area contributed by atoms with Gasteiger partial charge in [0, 0.05) is 4.47 Å². The maximum Gasteiger partial charge on any atom is 0.343 e. The smallest absolute Gasteiger partial charge is 0.343 e. The van der Waals surface area contributed by atoms with Gasteiger partial charge in [0.15, 0.2) is 11.5 Å². The number of esters is 1. The number of hydrogen-bond donors (Lipinski definition) is 1. The van der Waals surface area contributed by atoms with Crippen molar-refractivity contribution in [3.63, 3.8) is 0 Å². The molecular weight excluding hydrogens is 496 g/mol. The first-order valence-corrected chi connectivity index (χ1v) is 10.9. The second-order valence-corrected chi connectivity index (χ2v) is 8.04. The lowest BCUT2D eigenvalue weighted by molar-refractivity contribution is 0.0728. The van der Waals surface area contributed by atoms with E-state index in [1.54, 1.807) is 60.7 Å². The molecule has 0 spiro atoms. The minimum Gasteiger partial charge on any atom is -0.490 e. The van der Waals surface area contributed by atoms with E-state index >= 15 is 0 Å². The fraction of sp³-hybridized carbons (Fsp3) is 0.125. The van der Waals surface area contributed by atoms with E-state index in [9.17, 15) is 9.59 Å². The lowest BCUT2D eigenvalue weighted by Gasteiger charge is -2.11. The molecule has 1 amide bonds. The number of halogens is 2. The van der Waals surface area contributed by atoms with Crippen molar-refractivity contribution in [1.82, 2.24) is 5.43 Å². The highest BCUT2D eigenvalue weighted by Gasteiger charge is 2.13. The fourth-order valence-corrected chi connectivity index (χ4v) is 3.32. The van der Waals surface area contributed by atoms with Gasteiger partial charge in [0.25, 0.3) is 5.91 Å². The monoisotopic (exact) mass is 514 g/mol. The van der Waals surface area contributed by atoms with Crippen LogP contribution in [0.1, 0.15) is 38.8 Å². The second kappa shape index (κ2) is 10.9. The average molecular weight is 516 g/mol. The first kappa shape index (κ1) is 23.5.